The zero-order valence-corrected chi connectivity index (χ0v) is 8.96. The number of hydrogen-bond donors (Lipinski definition) is 1. The molecule has 0 radical (unpaired) electrons. The van der Waals surface area contributed by atoms with E-state index in [1.807, 2.05) is 36.0 Å². The molecule has 1 aromatic rings. The van der Waals surface area contributed by atoms with Gasteiger partial charge in [0.15, 0.2) is 0 Å². The van der Waals surface area contributed by atoms with E-state index in [2.05, 4.69) is 0 Å². The number of benzene rings is 1. The fourth-order valence-electron chi connectivity index (χ4n) is 1.32. The first-order valence-corrected chi connectivity index (χ1v) is 5.93. The first kappa shape index (κ1) is 9.87. The van der Waals surface area contributed by atoms with Gasteiger partial charge in [0, 0.05) is 11.5 Å². The summed E-state index contributed by atoms with van der Waals surface area (Å²) in [6.07, 6.45) is -0.0569. The second-order valence-corrected chi connectivity index (χ2v) is 4.60. The van der Waals surface area contributed by atoms with Crippen molar-refractivity contribution in [3.8, 4) is 5.75 Å². The first-order valence-electron chi connectivity index (χ1n) is 4.78. The standard InChI is InChI=1S/C11H14O2S/c1-8(12)9-3-2-4-10(5-9)13-11-6-14-7-11/h2-5,8,11-12H,6-7H2,1H3. The van der Waals surface area contributed by atoms with Gasteiger partial charge in [0.1, 0.15) is 11.9 Å². The second kappa shape index (κ2) is 4.24. The highest BCUT2D eigenvalue weighted by atomic mass is 32.2. The lowest BCUT2D eigenvalue weighted by Crippen LogP contribution is -2.31. The average molecular weight is 210 g/mol. The lowest BCUT2D eigenvalue weighted by Gasteiger charge is -2.26. The monoisotopic (exact) mass is 210 g/mol. The zero-order valence-electron chi connectivity index (χ0n) is 8.14. The van der Waals surface area contributed by atoms with Crippen LogP contribution in [-0.2, 0) is 0 Å². The molecule has 2 rings (SSSR count). The minimum absolute atomic E-state index is 0.365. The summed E-state index contributed by atoms with van der Waals surface area (Å²) in [7, 11) is 0. The summed E-state index contributed by atoms with van der Waals surface area (Å²) in [4.78, 5) is 0. The minimum Gasteiger partial charge on any atom is -0.489 e. The van der Waals surface area contributed by atoms with Gasteiger partial charge in [-0.2, -0.15) is 11.8 Å². The molecule has 1 unspecified atom stereocenters. The third-order valence-electron chi connectivity index (χ3n) is 2.25. The predicted molar refractivity (Wildman–Crippen MR) is 58.8 cm³/mol. The molecule has 3 heteroatoms. The van der Waals surface area contributed by atoms with Crippen molar-refractivity contribution in [1.29, 1.82) is 0 Å². The van der Waals surface area contributed by atoms with Gasteiger partial charge in [-0.15, -0.1) is 0 Å². The van der Waals surface area contributed by atoms with Crippen molar-refractivity contribution in [3.05, 3.63) is 29.8 Å². The number of aliphatic hydroxyl groups excluding tert-OH is 1. The van der Waals surface area contributed by atoms with Crippen LogP contribution in [0.25, 0.3) is 0 Å². The van der Waals surface area contributed by atoms with Crippen LogP contribution in [0.1, 0.15) is 18.6 Å². The molecule has 2 nitrogen and oxygen atoms in total. The van der Waals surface area contributed by atoms with Gasteiger partial charge in [-0.05, 0) is 24.6 Å². The molecule has 1 fully saturated rings. The van der Waals surface area contributed by atoms with Gasteiger partial charge in [0.25, 0.3) is 0 Å². The molecule has 0 bridgehead atoms. The van der Waals surface area contributed by atoms with E-state index in [4.69, 9.17) is 4.74 Å². The van der Waals surface area contributed by atoms with Crippen LogP contribution < -0.4 is 4.74 Å². The summed E-state index contributed by atoms with van der Waals surface area (Å²) in [5, 5.41) is 9.39. The Morgan fingerprint density at radius 1 is 1.50 bits per heavy atom. The zero-order chi connectivity index (χ0) is 9.97. The minimum atomic E-state index is -0.422. The fourth-order valence-corrected chi connectivity index (χ4v) is 1.89. The molecule has 1 heterocycles. The van der Waals surface area contributed by atoms with Crippen LogP contribution in [0, 0.1) is 0 Å². The SMILES string of the molecule is CC(O)c1cccc(OC2CSC2)c1. The molecule has 0 saturated carbocycles. The lowest BCUT2D eigenvalue weighted by molar-refractivity contribution is 0.197. The Morgan fingerprint density at radius 3 is 2.86 bits per heavy atom. The summed E-state index contributed by atoms with van der Waals surface area (Å²) >= 11 is 1.90. The van der Waals surface area contributed by atoms with E-state index in [1.165, 1.54) is 0 Å². The van der Waals surface area contributed by atoms with Gasteiger partial charge in [-0.3, -0.25) is 0 Å². The molecule has 1 saturated heterocycles. The van der Waals surface area contributed by atoms with Gasteiger partial charge in [0.2, 0.25) is 0 Å². The molecule has 0 aliphatic carbocycles. The maximum atomic E-state index is 9.39. The normalized spacial score (nSPS) is 18.7. The Bertz CT molecular complexity index is 308. The van der Waals surface area contributed by atoms with Crippen LogP contribution in [0.15, 0.2) is 24.3 Å². The molecular weight excluding hydrogens is 196 g/mol. The maximum absolute atomic E-state index is 9.39. The highest BCUT2D eigenvalue weighted by Crippen LogP contribution is 2.25. The molecule has 76 valence electrons. The van der Waals surface area contributed by atoms with Gasteiger partial charge < -0.3 is 9.84 Å². The highest BCUT2D eigenvalue weighted by Gasteiger charge is 2.19. The molecule has 14 heavy (non-hydrogen) atoms. The second-order valence-electron chi connectivity index (χ2n) is 3.53. The summed E-state index contributed by atoms with van der Waals surface area (Å²) < 4.78 is 5.71. The van der Waals surface area contributed by atoms with E-state index in [0.29, 0.717) is 6.10 Å². The van der Waals surface area contributed by atoms with Crippen LogP contribution in [0.3, 0.4) is 0 Å². The molecule has 1 aromatic carbocycles. The van der Waals surface area contributed by atoms with Crippen molar-refractivity contribution in [2.45, 2.75) is 19.1 Å². The predicted octanol–water partition coefficient (Wildman–Crippen LogP) is 2.23. The number of rotatable bonds is 3. The van der Waals surface area contributed by atoms with Gasteiger partial charge in [-0.1, -0.05) is 12.1 Å². The third-order valence-corrected chi connectivity index (χ3v) is 3.47. The van der Waals surface area contributed by atoms with Crippen molar-refractivity contribution < 1.29 is 9.84 Å². The Morgan fingerprint density at radius 2 is 2.29 bits per heavy atom. The summed E-state index contributed by atoms with van der Waals surface area (Å²) in [6, 6.07) is 7.68. The van der Waals surface area contributed by atoms with Crippen LogP contribution in [0.5, 0.6) is 5.75 Å². The van der Waals surface area contributed by atoms with Crippen molar-refractivity contribution in [2.24, 2.45) is 0 Å². The van der Waals surface area contributed by atoms with Crippen molar-refractivity contribution in [1.82, 2.24) is 0 Å². The largest absolute Gasteiger partial charge is 0.489 e. The maximum Gasteiger partial charge on any atom is 0.120 e. The molecule has 0 spiro atoms. The van der Waals surface area contributed by atoms with Crippen molar-refractivity contribution in [3.63, 3.8) is 0 Å². The van der Waals surface area contributed by atoms with Crippen molar-refractivity contribution in [2.75, 3.05) is 11.5 Å². The summed E-state index contributed by atoms with van der Waals surface area (Å²) in [5.74, 6) is 3.03. The summed E-state index contributed by atoms with van der Waals surface area (Å²) in [5.41, 5.74) is 0.912. The Kier molecular flexibility index (Phi) is 2.99. The summed E-state index contributed by atoms with van der Waals surface area (Å²) in [6.45, 7) is 1.76. The topological polar surface area (TPSA) is 29.5 Å². The van der Waals surface area contributed by atoms with E-state index < -0.39 is 6.10 Å². The van der Waals surface area contributed by atoms with Crippen LogP contribution in [0.4, 0.5) is 0 Å². The van der Waals surface area contributed by atoms with E-state index in [1.54, 1.807) is 6.92 Å². The Balaban J connectivity index is 2.05. The van der Waals surface area contributed by atoms with Gasteiger partial charge in [-0.25, -0.2) is 0 Å². The molecule has 1 aliphatic heterocycles. The molecule has 1 N–H and O–H groups in total. The lowest BCUT2D eigenvalue weighted by atomic mass is 10.1. The number of ether oxygens (including phenoxy) is 1. The van der Waals surface area contributed by atoms with Gasteiger partial charge >= 0.3 is 0 Å². The van der Waals surface area contributed by atoms with Crippen LogP contribution in [-0.4, -0.2) is 22.7 Å². The molecular formula is C11H14O2S. The third kappa shape index (κ3) is 2.22. The van der Waals surface area contributed by atoms with E-state index in [9.17, 15) is 5.11 Å². The number of hydrogen-bond acceptors (Lipinski definition) is 3. The number of thioether (sulfide) groups is 1. The molecule has 0 amide bonds. The van der Waals surface area contributed by atoms with Gasteiger partial charge in [0.05, 0.1) is 6.10 Å². The quantitative estimate of drug-likeness (QED) is 0.829. The van der Waals surface area contributed by atoms with E-state index in [-0.39, 0.29) is 0 Å². The number of aliphatic hydroxyl groups is 1. The van der Waals surface area contributed by atoms with Crippen molar-refractivity contribution >= 4 is 11.8 Å². The molecule has 1 aliphatic rings. The highest BCUT2D eigenvalue weighted by molar-refractivity contribution is 8.00. The Labute approximate surface area is 88.3 Å². The average Bonchev–Trinajstić information content (AvgIpc) is 2.12. The molecule has 1 atom stereocenters. The van der Waals surface area contributed by atoms with Crippen LogP contribution >= 0.6 is 11.8 Å². The Hall–Kier alpha value is -0.670. The van der Waals surface area contributed by atoms with E-state index in [0.717, 1.165) is 22.8 Å². The van der Waals surface area contributed by atoms with E-state index >= 15 is 0 Å². The first-order chi connectivity index (χ1) is 6.75. The van der Waals surface area contributed by atoms with Crippen LogP contribution in [0.2, 0.25) is 0 Å². The molecule has 0 aromatic heterocycles. The fraction of sp³-hybridized carbons (Fsp3) is 0.455. The smallest absolute Gasteiger partial charge is 0.120 e.